The SMILES string of the molecule is CC(O)c1coc2cc(F)ccc12. The first-order valence-corrected chi connectivity index (χ1v) is 4.03. The fourth-order valence-electron chi connectivity index (χ4n) is 1.35. The van der Waals surface area contributed by atoms with E-state index >= 15 is 0 Å². The molecule has 13 heavy (non-hydrogen) atoms. The van der Waals surface area contributed by atoms with Crippen LogP contribution in [0.25, 0.3) is 11.0 Å². The Bertz CT molecular complexity index is 431. The van der Waals surface area contributed by atoms with Crippen LogP contribution < -0.4 is 0 Å². The minimum absolute atomic E-state index is 0.334. The standard InChI is InChI=1S/C10H9FO2/c1-6(12)9-5-13-10-4-7(11)2-3-8(9)10/h2-6,12H,1H3. The second kappa shape index (κ2) is 2.85. The highest BCUT2D eigenvalue weighted by Crippen LogP contribution is 2.26. The van der Waals surface area contributed by atoms with Crippen molar-refractivity contribution in [1.29, 1.82) is 0 Å². The lowest BCUT2D eigenvalue weighted by molar-refractivity contribution is 0.199. The predicted octanol–water partition coefficient (Wildman–Crippen LogP) is 2.63. The Kier molecular flexibility index (Phi) is 1.81. The molecule has 2 nitrogen and oxygen atoms in total. The predicted molar refractivity (Wildman–Crippen MR) is 46.8 cm³/mol. The minimum Gasteiger partial charge on any atom is -0.464 e. The third-order valence-electron chi connectivity index (χ3n) is 2.02. The molecule has 3 heteroatoms. The molecule has 0 radical (unpaired) electrons. The first kappa shape index (κ1) is 8.26. The third kappa shape index (κ3) is 1.31. The zero-order valence-corrected chi connectivity index (χ0v) is 7.12. The normalized spacial score (nSPS) is 13.5. The molecular weight excluding hydrogens is 171 g/mol. The summed E-state index contributed by atoms with van der Waals surface area (Å²) in [6, 6.07) is 4.27. The van der Waals surface area contributed by atoms with Crippen molar-refractivity contribution in [3.63, 3.8) is 0 Å². The number of benzene rings is 1. The maximum absolute atomic E-state index is 12.7. The molecule has 68 valence electrons. The van der Waals surface area contributed by atoms with Crippen molar-refractivity contribution >= 4 is 11.0 Å². The van der Waals surface area contributed by atoms with E-state index in [2.05, 4.69) is 0 Å². The Morgan fingerprint density at radius 3 is 2.92 bits per heavy atom. The van der Waals surface area contributed by atoms with Crippen LogP contribution in [0.4, 0.5) is 4.39 Å². The molecule has 0 saturated carbocycles. The molecule has 0 spiro atoms. The van der Waals surface area contributed by atoms with Crippen LogP contribution in [0, 0.1) is 5.82 Å². The molecule has 0 aliphatic rings. The van der Waals surface area contributed by atoms with E-state index in [0.29, 0.717) is 11.1 Å². The van der Waals surface area contributed by atoms with Gasteiger partial charge in [0.1, 0.15) is 11.4 Å². The number of aliphatic hydroxyl groups excluding tert-OH is 1. The topological polar surface area (TPSA) is 33.4 Å². The number of furan rings is 1. The van der Waals surface area contributed by atoms with Gasteiger partial charge in [0.25, 0.3) is 0 Å². The van der Waals surface area contributed by atoms with Crippen LogP contribution in [0.3, 0.4) is 0 Å². The quantitative estimate of drug-likeness (QED) is 0.731. The summed E-state index contributed by atoms with van der Waals surface area (Å²) >= 11 is 0. The Labute approximate surface area is 74.6 Å². The first-order chi connectivity index (χ1) is 6.18. The molecule has 2 aromatic rings. The summed E-state index contributed by atoms with van der Waals surface area (Å²) < 4.78 is 17.8. The van der Waals surface area contributed by atoms with Crippen molar-refractivity contribution in [1.82, 2.24) is 0 Å². The van der Waals surface area contributed by atoms with Crippen molar-refractivity contribution in [3.8, 4) is 0 Å². The number of hydrogen-bond acceptors (Lipinski definition) is 2. The lowest BCUT2D eigenvalue weighted by Crippen LogP contribution is -1.87. The Hall–Kier alpha value is -1.35. The van der Waals surface area contributed by atoms with Gasteiger partial charge < -0.3 is 9.52 Å². The maximum atomic E-state index is 12.7. The lowest BCUT2D eigenvalue weighted by atomic mass is 10.1. The number of hydrogen-bond donors (Lipinski definition) is 1. The molecule has 2 rings (SSSR count). The lowest BCUT2D eigenvalue weighted by Gasteiger charge is -1.99. The zero-order chi connectivity index (χ0) is 9.42. The molecule has 0 bridgehead atoms. The molecule has 0 fully saturated rings. The number of aliphatic hydroxyl groups is 1. The van der Waals surface area contributed by atoms with Gasteiger partial charge in [-0.15, -0.1) is 0 Å². The summed E-state index contributed by atoms with van der Waals surface area (Å²) in [6.45, 7) is 1.65. The van der Waals surface area contributed by atoms with Crippen LogP contribution in [0.5, 0.6) is 0 Å². The van der Waals surface area contributed by atoms with Gasteiger partial charge in [0.15, 0.2) is 0 Å². The van der Waals surface area contributed by atoms with Crippen molar-refractivity contribution in [2.75, 3.05) is 0 Å². The summed E-state index contributed by atoms with van der Waals surface area (Å²) in [6.07, 6.45) is 0.862. The zero-order valence-electron chi connectivity index (χ0n) is 7.12. The van der Waals surface area contributed by atoms with Crippen molar-refractivity contribution in [2.24, 2.45) is 0 Å². The Balaban J connectivity index is 2.69. The second-order valence-corrected chi connectivity index (χ2v) is 3.01. The van der Waals surface area contributed by atoms with E-state index < -0.39 is 6.10 Å². The van der Waals surface area contributed by atoms with Gasteiger partial charge in [-0.05, 0) is 19.1 Å². The summed E-state index contributed by atoms with van der Waals surface area (Å²) in [4.78, 5) is 0. The van der Waals surface area contributed by atoms with Crippen LogP contribution >= 0.6 is 0 Å². The van der Waals surface area contributed by atoms with Crippen molar-refractivity contribution in [3.05, 3.63) is 35.8 Å². The number of fused-ring (bicyclic) bond motifs is 1. The average molecular weight is 180 g/mol. The first-order valence-electron chi connectivity index (χ1n) is 4.03. The van der Waals surface area contributed by atoms with Crippen LogP contribution in [0.15, 0.2) is 28.9 Å². The molecule has 1 heterocycles. The highest BCUT2D eigenvalue weighted by atomic mass is 19.1. The van der Waals surface area contributed by atoms with Gasteiger partial charge in [-0.25, -0.2) is 4.39 Å². The van der Waals surface area contributed by atoms with Crippen LogP contribution in [0.1, 0.15) is 18.6 Å². The van der Waals surface area contributed by atoms with Gasteiger partial charge in [0, 0.05) is 17.0 Å². The molecule has 1 atom stereocenters. The molecule has 0 aliphatic heterocycles. The van der Waals surface area contributed by atoms with Gasteiger partial charge in [-0.3, -0.25) is 0 Å². The highest BCUT2D eigenvalue weighted by molar-refractivity contribution is 5.81. The molecule has 0 saturated heterocycles. The van der Waals surface area contributed by atoms with E-state index in [4.69, 9.17) is 4.42 Å². The summed E-state index contributed by atoms with van der Waals surface area (Å²) in [7, 11) is 0. The van der Waals surface area contributed by atoms with Crippen LogP contribution in [0.2, 0.25) is 0 Å². The molecule has 0 amide bonds. The van der Waals surface area contributed by atoms with Gasteiger partial charge in [-0.1, -0.05) is 0 Å². The summed E-state index contributed by atoms with van der Waals surface area (Å²) in [5.74, 6) is -0.334. The Morgan fingerprint density at radius 2 is 2.23 bits per heavy atom. The molecule has 1 N–H and O–H groups in total. The molecule has 1 unspecified atom stereocenters. The molecular formula is C10H9FO2. The smallest absolute Gasteiger partial charge is 0.137 e. The Morgan fingerprint density at radius 1 is 1.46 bits per heavy atom. The van der Waals surface area contributed by atoms with E-state index in [0.717, 1.165) is 5.39 Å². The van der Waals surface area contributed by atoms with Crippen LogP contribution in [-0.2, 0) is 0 Å². The highest BCUT2D eigenvalue weighted by Gasteiger charge is 2.10. The summed E-state index contributed by atoms with van der Waals surface area (Å²) in [5.41, 5.74) is 1.16. The fourth-order valence-corrected chi connectivity index (χ4v) is 1.35. The third-order valence-corrected chi connectivity index (χ3v) is 2.02. The largest absolute Gasteiger partial charge is 0.464 e. The van der Waals surface area contributed by atoms with E-state index in [9.17, 15) is 9.50 Å². The van der Waals surface area contributed by atoms with Gasteiger partial charge in [0.2, 0.25) is 0 Å². The minimum atomic E-state index is -0.591. The van der Waals surface area contributed by atoms with Gasteiger partial charge >= 0.3 is 0 Å². The van der Waals surface area contributed by atoms with Crippen molar-refractivity contribution in [2.45, 2.75) is 13.0 Å². The maximum Gasteiger partial charge on any atom is 0.137 e. The van der Waals surface area contributed by atoms with Gasteiger partial charge in [-0.2, -0.15) is 0 Å². The van der Waals surface area contributed by atoms with E-state index in [1.54, 1.807) is 13.0 Å². The van der Waals surface area contributed by atoms with E-state index in [1.165, 1.54) is 18.4 Å². The molecule has 0 aliphatic carbocycles. The molecule has 1 aromatic carbocycles. The average Bonchev–Trinajstić information content (AvgIpc) is 2.46. The van der Waals surface area contributed by atoms with Crippen LogP contribution in [-0.4, -0.2) is 5.11 Å². The van der Waals surface area contributed by atoms with E-state index in [1.807, 2.05) is 0 Å². The summed E-state index contributed by atoms with van der Waals surface area (Å²) in [5, 5.41) is 10.1. The molecule has 1 aromatic heterocycles. The monoisotopic (exact) mass is 180 g/mol. The number of rotatable bonds is 1. The number of halogens is 1. The van der Waals surface area contributed by atoms with Gasteiger partial charge in [0.05, 0.1) is 12.4 Å². The fraction of sp³-hybridized carbons (Fsp3) is 0.200. The second-order valence-electron chi connectivity index (χ2n) is 3.01. The van der Waals surface area contributed by atoms with Crippen molar-refractivity contribution < 1.29 is 13.9 Å². The van der Waals surface area contributed by atoms with E-state index in [-0.39, 0.29) is 5.82 Å².